The van der Waals surface area contributed by atoms with Crippen molar-refractivity contribution in [3.8, 4) is 5.75 Å². The number of aromatic hydroxyl groups is 1. The van der Waals surface area contributed by atoms with Crippen LogP contribution in [0.4, 0.5) is 13.2 Å². The van der Waals surface area contributed by atoms with Crippen LogP contribution in [0.15, 0.2) is 18.2 Å². The Hall–Kier alpha value is -1.19. The molecular formula is C9H9F3O. The van der Waals surface area contributed by atoms with Crippen LogP contribution in [0.3, 0.4) is 0 Å². The first-order valence-electron chi connectivity index (χ1n) is 3.74. The molecule has 0 aromatic heterocycles. The predicted molar refractivity (Wildman–Crippen MR) is 42.6 cm³/mol. The molecule has 0 aliphatic heterocycles. The van der Waals surface area contributed by atoms with Crippen molar-refractivity contribution < 1.29 is 18.3 Å². The fourth-order valence-corrected chi connectivity index (χ4v) is 1.06. The summed E-state index contributed by atoms with van der Waals surface area (Å²) in [5.41, 5.74) is 0.655. The quantitative estimate of drug-likeness (QED) is 0.721. The van der Waals surface area contributed by atoms with E-state index in [2.05, 4.69) is 0 Å². The number of alkyl halides is 3. The molecule has 0 aliphatic rings. The number of halogens is 3. The van der Waals surface area contributed by atoms with Gasteiger partial charge in [0, 0.05) is 0 Å². The lowest BCUT2D eigenvalue weighted by Gasteiger charge is -2.09. The number of benzene rings is 1. The summed E-state index contributed by atoms with van der Waals surface area (Å²) < 4.78 is 35.9. The topological polar surface area (TPSA) is 20.2 Å². The molecular weight excluding hydrogens is 181 g/mol. The van der Waals surface area contributed by atoms with Crippen LogP contribution in [0.25, 0.3) is 0 Å². The van der Waals surface area contributed by atoms with Gasteiger partial charge in [0.05, 0.1) is 6.42 Å². The number of rotatable bonds is 1. The highest BCUT2D eigenvalue weighted by Gasteiger charge is 2.28. The molecule has 0 spiro atoms. The average Bonchev–Trinajstić information content (AvgIpc) is 1.94. The first-order valence-corrected chi connectivity index (χ1v) is 3.74. The third-order valence-corrected chi connectivity index (χ3v) is 1.72. The largest absolute Gasteiger partial charge is 0.508 e. The van der Waals surface area contributed by atoms with Crippen molar-refractivity contribution in [1.29, 1.82) is 0 Å². The molecule has 4 heteroatoms. The second-order valence-electron chi connectivity index (χ2n) is 2.90. The van der Waals surface area contributed by atoms with E-state index in [4.69, 9.17) is 5.11 Å². The molecule has 13 heavy (non-hydrogen) atoms. The van der Waals surface area contributed by atoms with E-state index in [0.29, 0.717) is 5.56 Å². The summed E-state index contributed by atoms with van der Waals surface area (Å²) in [5.74, 6) is -0.134. The first-order chi connectivity index (χ1) is 5.88. The summed E-state index contributed by atoms with van der Waals surface area (Å²) in [5, 5.41) is 8.97. The van der Waals surface area contributed by atoms with Gasteiger partial charge in [0.15, 0.2) is 0 Å². The minimum Gasteiger partial charge on any atom is -0.508 e. The van der Waals surface area contributed by atoms with Gasteiger partial charge in [0.2, 0.25) is 0 Å². The molecule has 0 unspecified atom stereocenters. The van der Waals surface area contributed by atoms with Crippen molar-refractivity contribution in [3.63, 3.8) is 0 Å². The van der Waals surface area contributed by atoms with E-state index >= 15 is 0 Å². The van der Waals surface area contributed by atoms with Gasteiger partial charge < -0.3 is 5.11 Å². The van der Waals surface area contributed by atoms with Crippen LogP contribution >= 0.6 is 0 Å². The Morgan fingerprint density at radius 1 is 1.31 bits per heavy atom. The van der Waals surface area contributed by atoms with Gasteiger partial charge in [-0.1, -0.05) is 6.07 Å². The maximum absolute atomic E-state index is 12.0. The van der Waals surface area contributed by atoms with Crippen LogP contribution < -0.4 is 0 Å². The van der Waals surface area contributed by atoms with Crippen LogP contribution in [-0.2, 0) is 6.42 Å². The highest BCUT2D eigenvalue weighted by Crippen LogP contribution is 2.25. The monoisotopic (exact) mass is 190 g/mol. The molecule has 1 nitrogen and oxygen atoms in total. The molecule has 0 heterocycles. The van der Waals surface area contributed by atoms with E-state index in [1.54, 1.807) is 6.92 Å². The standard InChI is InChI=1S/C9H9F3O/c1-6-2-3-8(13)4-7(6)5-9(10,11)12/h2-4,13H,5H2,1H3. The summed E-state index contributed by atoms with van der Waals surface area (Å²) in [6, 6.07) is 3.98. The zero-order chi connectivity index (χ0) is 10.1. The van der Waals surface area contributed by atoms with E-state index in [1.807, 2.05) is 0 Å². The van der Waals surface area contributed by atoms with Gasteiger partial charge in [-0.2, -0.15) is 13.2 Å². The normalized spacial score (nSPS) is 11.7. The summed E-state index contributed by atoms with van der Waals surface area (Å²) in [6.45, 7) is 1.58. The fraction of sp³-hybridized carbons (Fsp3) is 0.333. The van der Waals surface area contributed by atoms with Crippen molar-refractivity contribution in [2.45, 2.75) is 19.5 Å². The van der Waals surface area contributed by atoms with Crippen molar-refractivity contribution in [3.05, 3.63) is 29.3 Å². The highest BCUT2D eigenvalue weighted by atomic mass is 19.4. The van der Waals surface area contributed by atoms with E-state index in [1.165, 1.54) is 12.1 Å². The fourth-order valence-electron chi connectivity index (χ4n) is 1.06. The third kappa shape index (κ3) is 2.97. The van der Waals surface area contributed by atoms with Crippen molar-refractivity contribution in [2.75, 3.05) is 0 Å². The van der Waals surface area contributed by atoms with Gasteiger partial charge in [0.25, 0.3) is 0 Å². The maximum atomic E-state index is 12.0. The van der Waals surface area contributed by atoms with E-state index in [9.17, 15) is 13.2 Å². The second-order valence-corrected chi connectivity index (χ2v) is 2.90. The molecule has 0 radical (unpaired) electrons. The summed E-state index contributed by atoms with van der Waals surface area (Å²) in [7, 11) is 0. The number of hydrogen-bond acceptors (Lipinski definition) is 1. The maximum Gasteiger partial charge on any atom is 0.393 e. The molecule has 1 aromatic carbocycles. The van der Waals surface area contributed by atoms with Crippen molar-refractivity contribution >= 4 is 0 Å². The van der Waals surface area contributed by atoms with Crippen LogP contribution in [0, 0.1) is 6.92 Å². The lowest BCUT2D eigenvalue weighted by Crippen LogP contribution is -2.12. The molecule has 1 aromatic rings. The minimum absolute atomic E-state index is 0.118. The predicted octanol–water partition coefficient (Wildman–Crippen LogP) is 2.81. The molecule has 1 rings (SSSR count). The molecule has 72 valence electrons. The second kappa shape index (κ2) is 3.28. The van der Waals surface area contributed by atoms with Crippen LogP contribution in [-0.4, -0.2) is 11.3 Å². The van der Waals surface area contributed by atoms with Crippen LogP contribution in [0.2, 0.25) is 0 Å². The Bertz CT molecular complexity index is 304. The number of hydrogen-bond donors (Lipinski definition) is 1. The molecule has 1 N–H and O–H groups in total. The number of phenolic OH excluding ortho intramolecular Hbond substituents is 1. The van der Waals surface area contributed by atoms with Gasteiger partial charge >= 0.3 is 6.18 Å². The molecule has 0 amide bonds. The van der Waals surface area contributed by atoms with Gasteiger partial charge in [-0.25, -0.2) is 0 Å². The van der Waals surface area contributed by atoms with E-state index in [-0.39, 0.29) is 11.3 Å². The van der Waals surface area contributed by atoms with Gasteiger partial charge in [-0.3, -0.25) is 0 Å². The summed E-state index contributed by atoms with van der Waals surface area (Å²) in [4.78, 5) is 0. The lowest BCUT2D eigenvalue weighted by atomic mass is 10.1. The molecule has 0 saturated carbocycles. The third-order valence-electron chi connectivity index (χ3n) is 1.72. The Morgan fingerprint density at radius 3 is 2.46 bits per heavy atom. The minimum atomic E-state index is -4.22. The zero-order valence-corrected chi connectivity index (χ0v) is 7.02. The Labute approximate surface area is 73.8 Å². The number of phenols is 1. The van der Waals surface area contributed by atoms with E-state index < -0.39 is 12.6 Å². The molecule has 0 fully saturated rings. The van der Waals surface area contributed by atoms with E-state index in [0.717, 1.165) is 6.07 Å². The summed E-state index contributed by atoms with van der Waals surface area (Å²) in [6.07, 6.45) is -5.22. The smallest absolute Gasteiger partial charge is 0.393 e. The first kappa shape index (κ1) is 9.89. The van der Waals surface area contributed by atoms with Crippen molar-refractivity contribution in [2.24, 2.45) is 0 Å². The average molecular weight is 190 g/mol. The van der Waals surface area contributed by atoms with Gasteiger partial charge in [-0.15, -0.1) is 0 Å². The zero-order valence-electron chi connectivity index (χ0n) is 7.02. The Morgan fingerprint density at radius 2 is 1.92 bits per heavy atom. The van der Waals surface area contributed by atoms with Crippen LogP contribution in [0.5, 0.6) is 5.75 Å². The SMILES string of the molecule is Cc1ccc(O)cc1CC(F)(F)F. The van der Waals surface area contributed by atoms with Gasteiger partial charge in [0.1, 0.15) is 5.75 Å². The Balaban J connectivity index is 2.94. The molecule has 0 atom stereocenters. The van der Waals surface area contributed by atoms with Gasteiger partial charge in [-0.05, 0) is 30.2 Å². The molecule has 0 aliphatic carbocycles. The van der Waals surface area contributed by atoms with Crippen LogP contribution in [0.1, 0.15) is 11.1 Å². The lowest BCUT2D eigenvalue weighted by molar-refractivity contribution is -0.127. The molecule has 0 saturated heterocycles. The highest BCUT2D eigenvalue weighted by molar-refractivity contribution is 5.34. The Kier molecular flexibility index (Phi) is 2.50. The summed E-state index contributed by atoms with van der Waals surface area (Å²) >= 11 is 0. The van der Waals surface area contributed by atoms with Crippen molar-refractivity contribution in [1.82, 2.24) is 0 Å². The molecule has 0 bridgehead atoms. The number of aryl methyl sites for hydroxylation is 1.